The Kier molecular flexibility index (Phi) is 5.95. The van der Waals surface area contributed by atoms with Gasteiger partial charge in [0.15, 0.2) is 0 Å². The van der Waals surface area contributed by atoms with Crippen molar-refractivity contribution in [3.05, 3.63) is 34.6 Å². The smallest absolute Gasteiger partial charge is 0.215 e. The molecule has 1 heterocycles. The predicted octanol–water partition coefficient (Wildman–Crippen LogP) is 0.804. The van der Waals surface area contributed by atoms with Crippen LogP contribution in [0.15, 0.2) is 18.2 Å². The second-order valence-electron chi connectivity index (χ2n) is 4.99. The molecule has 0 bridgehead atoms. The largest absolute Gasteiger partial charge is 0.314 e. The van der Waals surface area contributed by atoms with Crippen LogP contribution in [0.1, 0.15) is 5.56 Å². The van der Waals surface area contributed by atoms with Crippen molar-refractivity contribution < 1.29 is 12.8 Å². The molecule has 0 unspecified atom stereocenters. The summed E-state index contributed by atoms with van der Waals surface area (Å²) >= 11 is 5.65. The van der Waals surface area contributed by atoms with E-state index in [1.807, 2.05) is 0 Å². The van der Waals surface area contributed by atoms with E-state index in [-0.39, 0.29) is 10.8 Å². The third-order valence-electron chi connectivity index (χ3n) is 3.30. The molecule has 0 spiro atoms. The summed E-state index contributed by atoms with van der Waals surface area (Å²) < 4.78 is 39.5. The molecule has 1 saturated heterocycles. The van der Waals surface area contributed by atoms with E-state index in [0.717, 1.165) is 26.2 Å². The quantitative estimate of drug-likeness (QED) is 0.807. The molecule has 5 nitrogen and oxygen atoms in total. The molecule has 2 N–H and O–H groups in total. The molecule has 0 saturated carbocycles. The fourth-order valence-electron chi connectivity index (χ4n) is 2.19. The van der Waals surface area contributed by atoms with E-state index in [1.54, 1.807) is 0 Å². The van der Waals surface area contributed by atoms with Crippen molar-refractivity contribution in [1.29, 1.82) is 0 Å². The average molecular weight is 336 g/mol. The molecule has 0 atom stereocenters. The van der Waals surface area contributed by atoms with Gasteiger partial charge in [0, 0.05) is 39.3 Å². The number of hydrogen-bond donors (Lipinski definition) is 2. The van der Waals surface area contributed by atoms with E-state index < -0.39 is 15.8 Å². The minimum absolute atomic E-state index is 0.0662. The number of piperazine rings is 1. The van der Waals surface area contributed by atoms with Gasteiger partial charge in [-0.3, -0.25) is 4.90 Å². The highest BCUT2D eigenvalue weighted by atomic mass is 35.5. The summed E-state index contributed by atoms with van der Waals surface area (Å²) in [7, 11) is -3.44. The van der Waals surface area contributed by atoms with E-state index in [4.69, 9.17) is 11.6 Å². The van der Waals surface area contributed by atoms with E-state index in [9.17, 15) is 12.8 Å². The van der Waals surface area contributed by atoms with Crippen molar-refractivity contribution in [2.75, 3.05) is 39.3 Å². The molecule has 0 radical (unpaired) electrons. The van der Waals surface area contributed by atoms with Gasteiger partial charge in [0.05, 0.1) is 10.8 Å². The van der Waals surface area contributed by atoms with Gasteiger partial charge in [-0.15, -0.1) is 0 Å². The summed E-state index contributed by atoms with van der Waals surface area (Å²) in [6, 6.07) is 3.94. The third-order valence-corrected chi connectivity index (χ3v) is 4.95. The van der Waals surface area contributed by atoms with Gasteiger partial charge in [0.1, 0.15) is 5.82 Å². The van der Waals surface area contributed by atoms with Gasteiger partial charge < -0.3 is 5.32 Å². The number of nitrogens with one attached hydrogen (secondary N) is 2. The lowest BCUT2D eigenvalue weighted by Crippen LogP contribution is -2.46. The zero-order valence-corrected chi connectivity index (χ0v) is 13.2. The summed E-state index contributed by atoms with van der Waals surface area (Å²) in [5, 5.41) is 3.17. The Morgan fingerprint density at radius 1 is 1.33 bits per heavy atom. The van der Waals surface area contributed by atoms with E-state index in [2.05, 4.69) is 14.9 Å². The van der Waals surface area contributed by atoms with Crippen LogP contribution in [0.2, 0.25) is 5.02 Å². The molecule has 0 amide bonds. The lowest BCUT2D eigenvalue weighted by atomic mass is 10.2. The third kappa shape index (κ3) is 5.52. The lowest BCUT2D eigenvalue weighted by Gasteiger charge is -2.27. The summed E-state index contributed by atoms with van der Waals surface area (Å²) in [5.74, 6) is -0.751. The van der Waals surface area contributed by atoms with Crippen molar-refractivity contribution in [2.45, 2.75) is 5.75 Å². The Labute approximate surface area is 129 Å². The number of sulfonamides is 1. The van der Waals surface area contributed by atoms with E-state index in [0.29, 0.717) is 18.7 Å². The fraction of sp³-hybridized carbons (Fsp3) is 0.538. The number of nitrogens with zero attached hydrogens (tertiary/aromatic N) is 1. The van der Waals surface area contributed by atoms with Crippen LogP contribution in [-0.2, 0) is 15.8 Å². The molecule has 1 fully saturated rings. The maximum absolute atomic E-state index is 13.0. The molecule has 1 aliphatic rings. The number of hydrogen-bond acceptors (Lipinski definition) is 4. The number of halogens is 2. The van der Waals surface area contributed by atoms with Gasteiger partial charge in [0.2, 0.25) is 10.0 Å². The van der Waals surface area contributed by atoms with E-state index >= 15 is 0 Å². The molecular formula is C13H19ClFN3O2S. The van der Waals surface area contributed by atoms with Crippen LogP contribution in [0.4, 0.5) is 4.39 Å². The summed E-state index contributed by atoms with van der Waals surface area (Å²) in [6.45, 7) is 4.77. The number of rotatable bonds is 6. The Bertz CT molecular complexity index is 577. The zero-order valence-electron chi connectivity index (χ0n) is 11.6. The average Bonchev–Trinajstić information content (AvgIpc) is 2.43. The van der Waals surface area contributed by atoms with Crippen LogP contribution >= 0.6 is 11.6 Å². The molecule has 1 aromatic carbocycles. The second-order valence-corrected chi connectivity index (χ2v) is 7.21. The number of benzene rings is 1. The van der Waals surface area contributed by atoms with Crippen LogP contribution in [0, 0.1) is 5.82 Å². The maximum atomic E-state index is 13.0. The highest BCUT2D eigenvalue weighted by Gasteiger charge is 2.14. The Morgan fingerprint density at radius 3 is 2.71 bits per heavy atom. The molecule has 1 aliphatic heterocycles. The van der Waals surface area contributed by atoms with Gasteiger partial charge in [-0.2, -0.15) is 0 Å². The summed E-state index contributed by atoms with van der Waals surface area (Å²) in [4.78, 5) is 2.20. The SMILES string of the molecule is O=S(=O)(Cc1ccc(F)c(Cl)c1)NCCN1CCNCC1. The second kappa shape index (κ2) is 7.51. The first-order valence-corrected chi connectivity index (χ1v) is 8.84. The highest BCUT2D eigenvalue weighted by molar-refractivity contribution is 7.88. The molecular weight excluding hydrogens is 317 g/mol. The minimum Gasteiger partial charge on any atom is -0.314 e. The first kappa shape index (κ1) is 16.6. The van der Waals surface area contributed by atoms with Crippen molar-refractivity contribution in [1.82, 2.24) is 14.9 Å². The summed E-state index contributed by atoms with van der Waals surface area (Å²) in [6.07, 6.45) is 0. The van der Waals surface area contributed by atoms with Gasteiger partial charge in [-0.1, -0.05) is 17.7 Å². The summed E-state index contributed by atoms with van der Waals surface area (Å²) in [5.41, 5.74) is 0.469. The van der Waals surface area contributed by atoms with Crippen molar-refractivity contribution in [3.63, 3.8) is 0 Å². The first-order chi connectivity index (χ1) is 9.96. The highest BCUT2D eigenvalue weighted by Crippen LogP contribution is 2.17. The molecule has 0 aliphatic carbocycles. The molecule has 118 valence electrons. The first-order valence-electron chi connectivity index (χ1n) is 6.81. The van der Waals surface area contributed by atoms with E-state index in [1.165, 1.54) is 18.2 Å². The predicted molar refractivity (Wildman–Crippen MR) is 81.3 cm³/mol. The topological polar surface area (TPSA) is 61.4 Å². The Hall–Kier alpha value is -0.730. The standard InChI is InChI=1S/C13H19ClFN3O2S/c14-12-9-11(1-2-13(12)15)10-21(19,20)17-5-8-18-6-3-16-4-7-18/h1-2,9,16-17H,3-8,10H2. The Morgan fingerprint density at radius 2 is 2.05 bits per heavy atom. The van der Waals surface area contributed by atoms with Crippen molar-refractivity contribution in [3.8, 4) is 0 Å². The van der Waals surface area contributed by atoms with Crippen molar-refractivity contribution >= 4 is 21.6 Å². The Balaban J connectivity index is 1.82. The van der Waals surface area contributed by atoms with Crippen LogP contribution in [0.5, 0.6) is 0 Å². The van der Waals surface area contributed by atoms with Gasteiger partial charge in [-0.05, 0) is 17.7 Å². The molecule has 0 aromatic heterocycles. The maximum Gasteiger partial charge on any atom is 0.215 e. The van der Waals surface area contributed by atoms with Crippen molar-refractivity contribution in [2.24, 2.45) is 0 Å². The van der Waals surface area contributed by atoms with Gasteiger partial charge in [0.25, 0.3) is 0 Å². The normalized spacial score (nSPS) is 17.0. The molecule has 8 heteroatoms. The lowest BCUT2D eigenvalue weighted by molar-refractivity contribution is 0.245. The van der Waals surface area contributed by atoms with Gasteiger partial charge >= 0.3 is 0 Å². The monoisotopic (exact) mass is 335 g/mol. The van der Waals surface area contributed by atoms with Crippen LogP contribution in [0.25, 0.3) is 0 Å². The molecule has 21 heavy (non-hydrogen) atoms. The minimum atomic E-state index is -3.44. The van der Waals surface area contributed by atoms with Crippen LogP contribution < -0.4 is 10.0 Å². The molecule has 1 aromatic rings. The zero-order chi connectivity index (χ0) is 15.3. The van der Waals surface area contributed by atoms with Crippen LogP contribution in [-0.4, -0.2) is 52.6 Å². The van der Waals surface area contributed by atoms with Crippen LogP contribution in [0.3, 0.4) is 0 Å². The molecule has 2 rings (SSSR count). The van der Waals surface area contributed by atoms with Gasteiger partial charge in [-0.25, -0.2) is 17.5 Å². The fourth-order valence-corrected chi connectivity index (χ4v) is 3.52.